The van der Waals surface area contributed by atoms with Gasteiger partial charge in [-0.05, 0) is 50.7 Å². The van der Waals surface area contributed by atoms with Gasteiger partial charge < -0.3 is 9.30 Å². The van der Waals surface area contributed by atoms with Crippen LogP contribution in [0.4, 0.5) is 8.78 Å². The normalized spacial score (nSPS) is 17.9. The smallest absolute Gasteiger partial charge is 0.387 e. The number of alkyl halides is 2. The van der Waals surface area contributed by atoms with E-state index in [4.69, 9.17) is 0 Å². The quantitative estimate of drug-likeness (QED) is 0.444. The summed E-state index contributed by atoms with van der Waals surface area (Å²) in [5.41, 5.74) is 1.36. The van der Waals surface area contributed by atoms with Crippen LogP contribution in [0.3, 0.4) is 0 Å². The predicted octanol–water partition coefficient (Wildman–Crippen LogP) is 5.15. The number of ether oxygens (including phenoxy) is 1. The Morgan fingerprint density at radius 1 is 1.14 bits per heavy atom. The van der Waals surface area contributed by atoms with E-state index in [2.05, 4.69) is 25.5 Å². The molecule has 190 valence electrons. The lowest BCUT2D eigenvalue weighted by Crippen LogP contribution is -2.34. The van der Waals surface area contributed by atoms with E-state index in [1.54, 1.807) is 6.07 Å². The zero-order valence-corrected chi connectivity index (χ0v) is 20.6. The van der Waals surface area contributed by atoms with Crippen LogP contribution in [0.1, 0.15) is 63.5 Å². The van der Waals surface area contributed by atoms with E-state index in [1.165, 1.54) is 24.5 Å². The van der Waals surface area contributed by atoms with Crippen LogP contribution < -0.4 is 9.46 Å². The SMILES string of the molecule is C[C@H](NS(=O)(=O)c1cnc(-c2c(C#N)c3ccc(OC(F)F)cc3n2C2CCCCC2)nc1)C1CC1. The molecular formula is C25H27F2N5O3S. The van der Waals surface area contributed by atoms with E-state index in [9.17, 15) is 22.5 Å². The molecule has 0 aliphatic heterocycles. The molecule has 0 saturated heterocycles. The molecule has 2 saturated carbocycles. The van der Waals surface area contributed by atoms with Crippen molar-refractivity contribution in [3.63, 3.8) is 0 Å². The van der Waals surface area contributed by atoms with Gasteiger partial charge in [0, 0.05) is 23.5 Å². The first-order valence-electron chi connectivity index (χ1n) is 12.2. The highest BCUT2D eigenvalue weighted by Crippen LogP contribution is 2.41. The van der Waals surface area contributed by atoms with Crippen LogP contribution in [0.5, 0.6) is 5.75 Å². The van der Waals surface area contributed by atoms with Crippen molar-refractivity contribution in [2.75, 3.05) is 0 Å². The second-order valence-corrected chi connectivity index (χ2v) is 11.3. The lowest BCUT2D eigenvalue weighted by atomic mass is 9.95. The number of hydrogen-bond donors (Lipinski definition) is 1. The third-order valence-electron chi connectivity index (χ3n) is 7.07. The highest BCUT2D eigenvalue weighted by atomic mass is 32.2. The number of halogens is 2. The van der Waals surface area contributed by atoms with Crippen molar-refractivity contribution in [1.82, 2.24) is 19.3 Å². The molecule has 36 heavy (non-hydrogen) atoms. The predicted molar refractivity (Wildman–Crippen MR) is 129 cm³/mol. The van der Waals surface area contributed by atoms with E-state index < -0.39 is 16.6 Å². The topological polar surface area (TPSA) is 110 Å². The number of nitrogens with zero attached hydrogens (tertiary/aromatic N) is 4. The summed E-state index contributed by atoms with van der Waals surface area (Å²) in [7, 11) is -3.79. The van der Waals surface area contributed by atoms with Gasteiger partial charge in [0.1, 0.15) is 22.4 Å². The number of aromatic nitrogens is 3. The van der Waals surface area contributed by atoms with Gasteiger partial charge >= 0.3 is 6.61 Å². The minimum absolute atomic E-state index is 0.00122. The van der Waals surface area contributed by atoms with Crippen LogP contribution in [0.15, 0.2) is 35.5 Å². The summed E-state index contributed by atoms with van der Waals surface area (Å²) in [5.74, 6) is 0.559. The molecule has 3 aromatic rings. The van der Waals surface area contributed by atoms with Crippen molar-refractivity contribution in [2.45, 2.75) is 75.5 Å². The van der Waals surface area contributed by atoms with Gasteiger partial charge in [-0.15, -0.1) is 0 Å². The summed E-state index contributed by atoms with van der Waals surface area (Å²) in [5, 5.41) is 10.7. The van der Waals surface area contributed by atoms with E-state index in [0.717, 1.165) is 44.9 Å². The van der Waals surface area contributed by atoms with Crippen LogP contribution in [0.25, 0.3) is 22.4 Å². The molecule has 8 nitrogen and oxygen atoms in total. The summed E-state index contributed by atoms with van der Waals surface area (Å²) in [6, 6.07) is 6.60. The molecule has 0 spiro atoms. The Balaban J connectivity index is 1.60. The van der Waals surface area contributed by atoms with E-state index in [1.807, 2.05) is 11.5 Å². The Labute approximate surface area is 208 Å². The maximum Gasteiger partial charge on any atom is 0.387 e. The maximum absolute atomic E-state index is 12.9. The zero-order chi connectivity index (χ0) is 25.4. The number of sulfonamides is 1. The summed E-state index contributed by atoms with van der Waals surface area (Å²) < 4.78 is 60.7. The number of rotatable bonds is 8. The van der Waals surface area contributed by atoms with Gasteiger partial charge in [0.15, 0.2) is 5.82 Å². The molecule has 2 aliphatic rings. The number of fused-ring (bicyclic) bond motifs is 1. The van der Waals surface area contributed by atoms with Crippen molar-refractivity contribution < 1.29 is 21.9 Å². The van der Waals surface area contributed by atoms with Crippen molar-refractivity contribution in [3.8, 4) is 23.3 Å². The fourth-order valence-electron chi connectivity index (χ4n) is 5.10. The molecule has 1 atom stereocenters. The molecule has 5 rings (SSSR count). The van der Waals surface area contributed by atoms with Crippen molar-refractivity contribution in [2.24, 2.45) is 5.92 Å². The van der Waals surface area contributed by atoms with Gasteiger partial charge in [0.25, 0.3) is 0 Å². The summed E-state index contributed by atoms with van der Waals surface area (Å²) >= 11 is 0. The third-order valence-corrected chi connectivity index (χ3v) is 8.59. The third kappa shape index (κ3) is 4.80. The Kier molecular flexibility index (Phi) is 6.66. The molecule has 1 aromatic carbocycles. The first kappa shape index (κ1) is 24.6. The number of nitrogens with one attached hydrogen (secondary N) is 1. The van der Waals surface area contributed by atoms with E-state index in [-0.39, 0.29) is 28.6 Å². The second kappa shape index (κ2) is 9.75. The Morgan fingerprint density at radius 2 is 1.83 bits per heavy atom. The van der Waals surface area contributed by atoms with E-state index >= 15 is 0 Å². The largest absolute Gasteiger partial charge is 0.435 e. The fourth-order valence-corrected chi connectivity index (χ4v) is 6.30. The average molecular weight is 516 g/mol. The van der Waals surface area contributed by atoms with Crippen LogP contribution >= 0.6 is 0 Å². The number of hydrogen-bond acceptors (Lipinski definition) is 6. The molecule has 0 amide bonds. The zero-order valence-electron chi connectivity index (χ0n) is 19.8. The number of benzene rings is 1. The molecular weight excluding hydrogens is 488 g/mol. The lowest BCUT2D eigenvalue weighted by Gasteiger charge is -2.26. The number of nitriles is 1. The molecule has 2 aliphatic carbocycles. The highest BCUT2D eigenvalue weighted by Gasteiger charge is 2.32. The van der Waals surface area contributed by atoms with Crippen molar-refractivity contribution in [1.29, 1.82) is 5.26 Å². The fraction of sp³-hybridized carbons (Fsp3) is 0.480. The first-order valence-corrected chi connectivity index (χ1v) is 13.6. The van der Waals surface area contributed by atoms with Gasteiger partial charge in [-0.3, -0.25) is 0 Å². The van der Waals surface area contributed by atoms with Crippen LogP contribution in [-0.4, -0.2) is 35.6 Å². The molecule has 2 heterocycles. The minimum atomic E-state index is -3.79. The van der Waals surface area contributed by atoms with E-state index in [0.29, 0.717) is 28.1 Å². The van der Waals surface area contributed by atoms with Crippen molar-refractivity contribution >= 4 is 20.9 Å². The molecule has 2 fully saturated rings. The second-order valence-electron chi connectivity index (χ2n) is 9.54. The van der Waals surface area contributed by atoms with Gasteiger partial charge in [-0.1, -0.05) is 19.3 Å². The highest BCUT2D eigenvalue weighted by molar-refractivity contribution is 7.89. The molecule has 11 heteroatoms. The van der Waals surface area contributed by atoms with Gasteiger partial charge in [-0.25, -0.2) is 23.1 Å². The summed E-state index contributed by atoms with van der Waals surface area (Å²) in [6.45, 7) is -1.12. The van der Waals surface area contributed by atoms with Crippen LogP contribution in [0.2, 0.25) is 0 Å². The minimum Gasteiger partial charge on any atom is -0.435 e. The average Bonchev–Trinajstić information content (AvgIpc) is 3.66. The lowest BCUT2D eigenvalue weighted by molar-refractivity contribution is -0.0497. The molecule has 1 N–H and O–H groups in total. The van der Waals surface area contributed by atoms with Crippen LogP contribution in [-0.2, 0) is 10.0 Å². The molecule has 0 unspecified atom stereocenters. The van der Waals surface area contributed by atoms with Crippen molar-refractivity contribution in [3.05, 3.63) is 36.2 Å². The van der Waals surface area contributed by atoms with Gasteiger partial charge in [-0.2, -0.15) is 14.0 Å². The Bertz CT molecular complexity index is 1410. The first-order chi connectivity index (χ1) is 17.3. The molecule has 2 aromatic heterocycles. The Morgan fingerprint density at radius 3 is 2.44 bits per heavy atom. The van der Waals surface area contributed by atoms with Crippen LogP contribution in [0, 0.1) is 17.2 Å². The monoisotopic (exact) mass is 515 g/mol. The van der Waals surface area contributed by atoms with Gasteiger partial charge in [0.2, 0.25) is 10.0 Å². The summed E-state index contributed by atoms with van der Waals surface area (Å²) in [4.78, 5) is 8.67. The Hall–Kier alpha value is -3.10. The van der Waals surface area contributed by atoms with Gasteiger partial charge in [0.05, 0.1) is 23.5 Å². The molecule has 0 bridgehead atoms. The molecule has 0 radical (unpaired) electrons. The summed E-state index contributed by atoms with van der Waals surface area (Å²) in [6.07, 6.45) is 9.33. The standard InChI is InChI=1S/C25H27F2N5O3S/c1-15(16-7-8-16)31-36(33,34)19-13-29-24(30-14-19)23-21(12-28)20-10-9-18(35-25(26)27)11-22(20)32(23)17-5-3-2-4-6-17/h9-11,13-17,25,31H,2-8H2,1H3/t15-/m0/s1. The maximum atomic E-state index is 12.9.